The van der Waals surface area contributed by atoms with Crippen LogP contribution in [0.4, 0.5) is 5.69 Å². The van der Waals surface area contributed by atoms with Crippen LogP contribution < -0.4 is 10.1 Å². The lowest BCUT2D eigenvalue weighted by Gasteiger charge is -2.17. The molecular weight excluding hydrogens is 428 g/mol. The summed E-state index contributed by atoms with van der Waals surface area (Å²) in [5.41, 5.74) is 1.71. The van der Waals surface area contributed by atoms with Crippen LogP contribution in [0.25, 0.3) is 0 Å². The van der Waals surface area contributed by atoms with E-state index in [9.17, 15) is 9.59 Å². The Hall–Kier alpha value is -1.99. The van der Waals surface area contributed by atoms with Crippen LogP contribution in [0.15, 0.2) is 51.8 Å². The molecule has 0 saturated carbocycles. The summed E-state index contributed by atoms with van der Waals surface area (Å²) in [5, 5.41) is 2.85. The summed E-state index contributed by atoms with van der Waals surface area (Å²) in [4.78, 5) is 27.0. The molecule has 5 nitrogen and oxygen atoms in total. The van der Waals surface area contributed by atoms with Gasteiger partial charge in [0.15, 0.2) is 0 Å². The van der Waals surface area contributed by atoms with E-state index in [1.165, 1.54) is 4.90 Å². The first-order valence-corrected chi connectivity index (χ1v) is 10.2. The zero-order chi connectivity index (χ0) is 19.8. The molecule has 0 heterocycles. The van der Waals surface area contributed by atoms with Crippen LogP contribution in [0, 0.1) is 6.92 Å². The Morgan fingerprint density at radius 1 is 1.19 bits per heavy atom. The minimum absolute atomic E-state index is 0.0293. The Morgan fingerprint density at radius 3 is 2.52 bits per heavy atom. The maximum Gasteiger partial charge on any atom is 0.243 e. The molecule has 0 fully saturated rings. The van der Waals surface area contributed by atoms with Crippen molar-refractivity contribution in [2.75, 3.05) is 31.8 Å². The van der Waals surface area contributed by atoms with E-state index in [0.717, 1.165) is 26.4 Å². The molecule has 0 aromatic heterocycles. The third-order valence-corrected chi connectivity index (χ3v) is 5.42. The minimum Gasteiger partial charge on any atom is -0.497 e. The fourth-order valence-electron chi connectivity index (χ4n) is 2.38. The topological polar surface area (TPSA) is 58.6 Å². The van der Waals surface area contributed by atoms with Gasteiger partial charge in [0.1, 0.15) is 5.75 Å². The van der Waals surface area contributed by atoms with Gasteiger partial charge in [-0.25, -0.2) is 0 Å². The molecular formula is C20H23BrN2O3S. The molecule has 1 N–H and O–H groups in total. The van der Waals surface area contributed by atoms with Gasteiger partial charge in [0.2, 0.25) is 11.8 Å². The summed E-state index contributed by atoms with van der Waals surface area (Å²) < 4.78 is 6.08. The van der Waals surface area contributed by atoms with Crippen molar-refractivity contribution >= 4 is 45.2 Å². The van der Waals surface area contributed by atoms with Gasteiger partial charge in [-0.1, -0.05) is 15.9 Å². The van der Waals surface area contributed by atoms with Gasteiger partial charge >= 0.3 is 0 Å². The standard InChI is InChI=1S/C20H23BrN2O3S/c1-14-12-15(21)4-9-18(14)22-19(24)13-23(2)20(25)10-11-27-17-7-5-16(26-3)6-8-17/h4-9,12H,10-11,13H2,1-3H3,(H,22,24). The molecule has 0 aliphatic carbocycles. The number of benzene rings is 2. The van der Waals surface area contributed by atoms with Crippen molar-refractivity contribution in [2.24, 2.45) is 0 Å². The van der Waals surface area contributed by atoms with E-state index in [1.54, 1.807) is 25.9 Å². The number of hydrogen-bond acceptors (Lipinski definition) is 4. The van der Waals surface area contributed by atoms with Gasteiger partial charge in [-0.15, -0.1) is 11.8 Å². The number of carbonyl (C=O) groups is 2. The monoisotopic (exact) mass is 450 g/mol. The number of likely N-dealkylation sites (N-methyl/N-ethyl adjacent to an activating group) is 1. The first-order valence-electron chi connectivity index (χ1n) is 8.46. The Kier molecular flexibility index (Phi) is 8.19. The van der Waals surface area contributed by atoms with Crippen LogP contribution in [-0.2, 0) is 9.59 Å². The largest absolute Gasteiger partial charge is 0.497 e. The minimum atomic E-state index is -0.209. The fourth-order valence-corrected chi connectivity index (χ4v) is 3.70. The molecule has 2 aromatic carbocycles. The molecule has 0 aliphatic heterocycles. The molecule has 0 radical (unpaired) electrons. The molecule has 0 spiro atoms. The van der Waals surface area contributed by atoms with Crippen molar-refractivity contribution in [3.8, 4) is 5.75 Å². The molecule has 0 unspecified atom stereocenters. The smallest absolute Gasteiger partial charge is 0.243 e. The third kappa shape index (κ3) is 6.92. The maximum atomic E-state index is 12.2. The highest BCUT2D eigenvalue weighted by Crippen LogP contribution is 2.22. The van der Waals surface area contributed by atoms with Gasteiger partial charge in [-0.05, 0) is 55.0 Å². The quantitative estimate of drug-likeness (QED) is 0.607. The van der Waals surface area contributed by atoms with Crippen molar-refractivity contribution in [3.63, 3.8) is 0 Å². The van der Waals surface area contributed by atoms with E-state index < -0.39 is 0 Å². The number of methoxy groups -OCH3 is 1. The van der Waals surface area contributed by atoms with Gasteiger partial charge in [-0.2, -0.15) is 0 Å². The van der Waals surface area contributed by atoms with Crippen molar-refractivity contribution < 1.29 is 14.3 Å². The summed E-state index contributed by atoms with van der Waals surface area (Å²) in [7, 11) is 3.28. The molecule has 0 bridgehead atoms. The first kappa shape index (κ1) is 21.3. The highest BCUT2D eigenvalue weighted by molar-refractivity contribution is 9.10. The number of nitrogens with one attached hydrogen (secondary N) is 1. The lowest BCUT2D eigenvalue weighted by Crippen LogP contribution is -2.35. The first-order chi connectivity index (χ1) is 12.9. The lowest BCUT2D eigenvalue weighted by molar-refractivity contribution is -0.132. The number of aryl methyl sites for hydroxylation is 1. The SMILES string of the molecule is COc1ccc(SCCC(=O)N(C)CC(=O)Nc2ccc(Br)cc2C)cc1. The summed E-state index contributed by atoms with van der Waals surface area (Å²) in [6.07, 6.45) is 0.373. The molecule has 0 saturated heterocycles. The van der Waals surface area contributed by atoms with E-state index in [-0.39, 0.29) is 18.4 Å². The van der Waals surface area contributed by atoms with Crippen LogP contribution in [0.2, 0.25) is 0 Å². The van der Waals surface area contributed by atoms with Gasteiger partial charge in [-0.3, -0.25) is 9.59 Å². The Balaban J connectivity index is 1.76. The second-order valence-electron chi connectivity index (χ2n) is 6.03. The van der Waals surface area contributed by atoms with Crippen molar-refractivity contribution in [2.45, 2.75) is 18.2 Å². The second-order valence-corrected chi connectivity index (χ2v) is 8.12. The number of hydrogen-bond donors (Lipinski definition) is 1. The normalized spacial score (nSPS) is 10.4. The molecule has 2 amide bonds. The van der Waals surface area contributed by atoms with Crippen LogP contribution in [0.1, 0.15) is 12.0 Å². The zero-order valence-electron chi connectivity index (χ0n) is 15.6. The predicted molar refractivity (Wildman–Crippen MR) is 113 cm³/mol. The average molecular weight is 451 g/mol. The molecule has 27 heavy (non-hydrogen) atoms. The number of halogens is 1. The number of thioether (sulfide) groups is 1. The summed E-state index contributed by atoms with van der Waals surface area (Å²) in [6, 6.07) is 13.4. The predicted octanol–water partition coefficient (Wildman–Crippen LogP) is 4.35. The summed E-state index contributed by atoms with van der Waals surface area (Å²) in [5.74, 6) is 1.20. The van der Waals surface area contributed by atoms with E-state index in [2.05, 4.69) is 21.2 Å². The van der Waals surface area contributed by atoms with E-state index in [1.807, 2.05) is 49.4 Å². The van der Waals surface area contributed by atoms with Crippen LogP contribution >= 0.6 is 27.7 Å². The number of amides is 2. The number of anilines is 1. The van der Waals surface area contributed by atoms with Gasteiger partial charge < -0.3 is 15.0 Å². The zero-order valence-corrected chi connectivity index (χ0v) is 18.0. The highest BCUT2D eigenvalue weighted by Gasteiger charge is 2.13. The van der Waals surface area contributed by atoms with Crippen LogP contribution in [0.5, 0.6) is 5.75 Å². The second kappa shape index (κ2) is 10.4. The molecule has 144 valence electrons. The molecule has 7 heteroatoms. The third-order valence-electron chi connectivity index (χ3n) is 3.91. The average Bonchev–Trinajstić information content (AvgIpc) is 2.64. The van der Waals surface area contributed by atoms with Gasteiger partial charge in [0.05, 0.1) is 13.7 Å². The lowest BCUT2D eigenvalue weighted by atomic mass is 10.2. The Bertz CT molecular complexity index is 796. The Labute approximate surface area is 172 Å². The highest BCUT2D eigenvalue weighted by atomic mass is 79.9. The summed E-state index contributed by atoms with van der Waals surface area (Å²) >= 11 is 5.00. The van der Waals surface area contributed by atoms with Crippen LogP contribution in [0.3, 0.4) is 0 Å². The number of rotatable bonds is 8. The number of nitrogens with zero attached hydrogens (tertiary/aromatic N) is 1. The van der Waals surface area contributed by atoms with E-state index >= 15 is 0 Å². The number of ether oxygens (including phenoxy) is 1. The molecule has 0 aliphatic rings. The number of carbonyl (C=O) groups excluding carboxylic acids is 2. The molecule has 2 rings (SSSR count). The van der Waals surface area contributed by atoms with Crippen LogP contribution in [-0.4, -0.2) is 43.2 Å². The molecule has 0 atom stereocenters. The van der Waals surface area contributed by atoms with E-state index in [4.69, 9.17) is 4.74 Å². The molecule has 2 aromatic rings. The van der Waals surface area contributed by atoms with Crippen molar-refractivity contribution in [1.29, 1.82) is 0 Å². The summed E-state index contributed by atoms with van der Waals surface area (Å²) in [6.45, 7) is 1.95. The Morgan fingerprint density at radius 2 is 1.89 bits per heavy atom. The van der Waals surface area contributed by atoms with Gasteiger partial charge in [0, 0.05) is 34.3 Å². The van der Waals surface area contributed by atoms with Gasteiger partial charge in [0.25, 0.3) is 0 Å². The van der Waals surface area contributed by atoms with Crippen molar-refractivity contribution in [1.82, 2.24) is 4.90 Å². The van der Waals surface area contributed by atoms with E-state index in [0.29, 0.717) is 12.2 Å². The maximum absolute atomic E-state index is 12.2. The van der Waals surface area contributed by atoms with Crippen molar-refractivity contribution in [3.05, 3.63) is 52.5 Å². The fraction of sp³-hybridized carbons (Fsp3) is 0.300.